The van der Waals surface area contributed by atoms with E-state index in [1.54, 1.807) is 0 Å². The first-order valence-corrected chi connectivity index (χ1v) is 14.5. The maximum atomic E-state index is 3.80. The molecule has 1 heteroatoms. The van der Waals surface area contributed by atoms with Crippen LogP contribution in [0.5, 0.6) is 0 Å². The molecular formula is C39H28S. The summed E-state index contributed by atoms with van der Waals surface area (Å²) in [4.78, 5) is 0. The van der Waals surface area contributed by atoms with Crippen molar-refractivity contribution in [2.75, 3.05) is 0 Å². The van der Waals surface area contributed by atoms with Gasteiger partial charge in [0, 0.05) is 25.7 Å². The van der Waals surface area contributed by atoms with E-state index in [-0.39, 0.29) is 0 Å². The zero-order chi connectivity index (χ0) is 27.1. The van der Waals surface area contributed by atoms with Crippen LogP contribution in [0.1, 0.15) is 12.5 Å². The summed E-state index contributed by atoms with van der Waals surface area (Å²) in [6.45, 7) is 5.99. The molecule has 0 N–H and O–H groups in total. The summed E-state index contributed by atoms with van der Waals surface area (Å²) in [5.74, 6) is 0. The van der Waals surface area contributed by atoms with Crippen molar-refractivity contribution >= 4 is 58.6 Å². The Labute approximate surface area is 238 Å². The zero-order valence-corrected chi connectivity index (χ0v) is 23.2. The first-order valence-electron chi connectivity index (χ1n) is 13.7. The summed E-state index contributed by atoms with van der Waals surface area (Å²) in [6, 6.07) is 42.1. The summed E-state index contributed by atoms with van der Waals surface area (Å²) >= 11 is 1.91. The van der Waals surface area contributed by atoms with Gasteiger partial charge in [-0.25, -0.2) is 0 Å². The van der Waals surface area contributed by atoms with Gasteiger partial charge in [0.25, 0.3) is 0 Å². The van der Waals surface area contributed by atoms with Gasteiger partial charge in [0.1, 0.15) is 0 Å². The number of fused-ring (bicyclic) bond motifs is 5. The molecule has 1 aromatic heterocycles. The lowest BCUT2D eigenvalue weighted by molar-refractivity contribution is 1.65. The normalized spacial score (nSPS) is 12.3. The predicted octanol–water partition coefficient (Wildman–Crippen LogP) is 11.8. The van der Waals surface area contributed by atoms with Gasteiger partial charge in [-0.1, -0.05) is 146 Å². The number of hydrogen-bond donors (Lipinski definition) is 0. The Morgan fingerprint density at radius 2 is 1.10 bits per heavy atom. The first kappa shape index (κ1) is 24.3. The van der Waals surface area contributed by atoms with Gasteiger partial charge in [-0.3, -0.25) is 0 Å². The Morgan fingerprint density at radius 3 is 1.75 bits per heavy atom. The maximum Gasteiger partial charge on any atom is 0.0434 e. The molecule has 6 aromatic carbocycles. The fraction of sp³-hybridized carbons (Fsp3) is 0.0256. The van der Waals surface area contributed by atoms with Crippen molar-refractivity contribution in [1.82, 2.24) is 0 Å². The van der Waals surface area contributed by atoms with Crippen LogP contribution >= 0.6 is 11.3 Å². The van der Waals surface area contributed by atoms with E-state index in [0.29, 0.717) is 0 Å². The average molecular weight is 529 g/mol. The van der Waals surface area contributed by atoms with Crippen LogP contribution in [0.4, 0.5) is 0 Å². The van der Waals surface area contributed by atoms with Gasteiger partial charge in [-0.15, -0.1) is 11.3 Å². The Kier molecular flexibility index (Phi) is 6.15. The van der Waals surface area contributed by atoms with Crippen LogP contribution in [0.15, 0.2) is 146 Å². The Bertz CT molecular complexity index is 2060. The Morgan fingerprint density at radius 1 is 0.550 bits per heavy atom. The summed E-state index contributed by atoms with van der Waals surface area (Å²) in [6.07, 6.45) is 8.02. The second kappa shape index (κ2) is 10.1. The highest BCUT2D eigenvalue weighted by atomic mass is 32.1. The van der Waals surface area contributed by atoms with Gasteiger partial charge in [-0.05, 0) is 56.3 Å². The van der Waals surface area contributed by atoms with E-state index < -0.39 is 0 Å². The highest BCUT2D eigenvalue weighted by Crippen LogP contribution is 2.48. The molecule has 0 saturated heterocycles. The maximum absolute atomic E-state index is 3.80. The molecule has 190 valence electrons. The van der Waals surface area contributed by atoms with Crippen LogP contribution in [0.25, 0.3) is 69.5 Å². The SMILES string of the molecule is C=C/C=C\C=C(/C)c1cccc2c1sc1c(-c3c4ccccc4c(-c4ccccc4)c4ccccc34)cccc12. The molecule has 0 aliphatic carbocycles. The van der Waals surface area contributed by atoms with Crippen molar-refractivity contribution in [3.05, 3.63) is 152 Å². The van der Waals surface area contributed by atoms with Crippen LogP contribution in [0.2, 0.25) is 0 Å². The third-order valence-corrected chi connectivity index (χ3v) is 9.09. The summed E-state index contributed by atoms with van der Waals surface area (Å²) in [7, 11) is 0. The molecule has 0 aliphatic rings. The van der Waals surface area contributed by atoms with E-state index in [1.165, 1.54) is 75.1 Å². The molecular weight excluding hydrogens is 500 g/mol. The number of rotatable bonds is 5. The molecule has 7 rings (SSSR count). The number of allylic oxidation sites excluding steroid dienone is 5. The second-order valence-electron chi connectivity index (χ2n) is 10.1. The highest BCUT2D eigenvalue weighted by Gasteiger charge is 2.19. The largest absolute Gasteiger partial charge is 0.134 e. The molecule has 0 spiro atoms. The lowest BCUT2D eigenvalue weighted by Gasteiger charge is -2.18. The molecule has 0 radical (unpaired) electrons. The first-order chi connectivity index (χ1) is 19.8. The van der Waals surface area contributed by atoms with Crippen LogP contribution in [0, 0.1) is 0 Å². The Balaban J connectivity index is 1.58. The monoisotopic (exact) mass is 528 g/mol. The van der Waals surface area contributed by atoms with Gasteiger partial charge in [-0.2, -0.15) is 0 Å². The number of benzene rings is 6. The lowest BCUT2D eigenvalue weighted by Crippen LogP contribution is -1.90. The molecule has 0 atom stereocenters. The average Bonchev–Trinajstić information content (AvgIpc) is 3.40. The van der Waals surface area contributed by atoms with E-state index in [1.807, 2.05) is 23.5 Å². The van der Waals surface area contributed by atoms with E-state index in [2.05, 4.69) is 141 Å². The van der Waals surface area contributed by atoms with Crippen LogP contribution in [-0.2, 0) is 0 Å². The van der Waals surface area contributed by atoms with E-state index in [9.17, 15) is 0 Å². The smallest absolute Gasteiger partial charge is 0.0434 e. The molecule has 0 aliphatic heterocycles. The number of hydrogen-bond acceptors (Lipinski definition) is 1. The molecule has 0 saturated carbocycles. The molecule has 1 heterocycles. The van der Waals surface area contributed by atoms with Crippen molar-refractivity contribution in [2.45, 2.75) is 6.92 Å². The van der Waals surface area contributed by atoms with Gasteiger partial charge >= 0.3 is 0 Å². The van der Waals surface area contributed by atoms with Crippen molar-refractivity contribution in [3.63, 3.8) is 0 Å². The Hall–Kier alpha value is -4.72. The zero-order valence-electron chi connectivity index (χ0n) is 22.4. The van der Waals surface area contributed by atoms with Crippen LogP contribution < -0.4 is 0 Å². The quantitative estimate of drug-likeness (QED) is 0.154. The molecule has 0 bridgehead atoms. The lowest BCUT2D eigenvalue weighted by atomic mass is 9.86. The number of thiophene rings is 1. The van der Waals surface area contributed by atoms with Crippen LogP contribution in [0.3, 0.4) is 0 Å². The molecule has 0 unspecified atom stereocenters. The molecule has 0 fully saturated rings. The van der Waals surface area contributed by atoms with Gasteiger partial charge in [0.15, 0.2) is 0 Å². The molecule has 0 amide bonds. The summed E-state index contributed by atoms with van der Waals surface area (Å²) in [5, 5.41) is 7.78. The minimum atomic E-state index is 1.25. The second-order valence-corrected chi connectivity index (χ2v) is 11.2. The fourth-order valence-corrected chi connectivity index (χ4v) is 7.43. The van der Waals surface area contributed by atoms with E-state index in [0.717, 1.165) is 0 Å². The highest BCUT2D eigenvalue weighted by molar-refractivity contribution is 7.26. The van der Waals surface area contributed by atoms with Crippen molar-refractivity contribution in [1.29, 1.82) is 0 Å². The van der Waals surface area contributed by atoms with Crippen molar-refractivity contribution in [3.8, 4) is 22.3 Å². The minimum Gasteiger partial charge on any atom is -0.134 e. The van der Waals surface area contributed by atoms with E-state index in [4.69, 9.17) is 0 Å². The molecule has 7 aromatic rings. The minimum absolute atomic E-state index is 1.25. The topological polar surface area (TPSA) is 0 Å². The van der Waals surface area contributed by atoms with Gasteiger partial charge < -0.3 is 0 Å². The van der Waals surface area contributed by atoms with Crippen LogP contribution in [-0.4, -0.2) is 0 Å². The molecule has 0 nitrogen and oxygen atoms in total. The summed E-state index contributed by atoms with van der Waals surface area (Å²) < 4.78 is 2.67. The fourth-order valence-electron chi connectivity index (χ4n) is 6.03. The van der Waals surface area contributed by atoms with Gasteiger partial charge in [0.05, 0.1) is 0 Å². The molecule has 40 heavy (non-hydrogen) atoms. The van der Waals surface area contributed by atoms with Crippen molar-refractivity contribution in [2.24, 2.45) is 0 Å². The van der Waals surface area contributed by atoms with Crippen molar-refractivity contribution < 1.29 is 0 Å². The standard InChI is InChI=1S/C39H28S/c1-3-4-6-15-26(2)28-22-13-23-33-34-24-14-25-35(39(34)40-38(28)33)37-31-20-11-9-18-29(31)36(27-16-7-5-8-17-27)30-19-10-12-21-32(30)37/h3-25H,1H2,2H3/b6-4-,26-15+. The third kappa shape index (κ3) is 3.90. The third-order valence-electron chi connectivity index (χ3n) is 7.81. The summed E-state index contributed by atoms with van der Waals surface area (Å²) in [5.41, 5.74) is 7.69. The van der Waals surface area contributed by atoms with E-state index >= 15 is 0 Å². The predicted molar refractivity (Wildman–Crippen MR) is 178 cm³/mol. The van der Waals surface area contributed by atoms with Gasteiger partial charge in [0.2, 0.25) is 0 Å².